The molecule has 0 amide bonds. The Hall–Kier alpha value is -1.75. The minimum atomic E-state index is -1.34. The number of hydrogen-bond acceptors (Lipinski definition) is 5. The van der Waals surface area contributed by atoms with Gasteiger partial charge in [-0.05, 0) is 18.2 Å². The molecule has 0 aliphatic heterocycles. The molecule has 0 aliphatic rings. The van der Waals surface area contributed by atoms with E-state index >= 15 is 0 Å². The Balaban J connectivity index is 2.58. The van der Waals surface area contributed by atoms with Gasteiger partial charge in [-0.1, -0.05) is 31.2 Å². The zero-order chi connectivity index (χ0) is 15.5. The normalized spacial score (nSPS) is 13.8. The SMILES string of the molecule is C=CC(C/C=C/[N+](=O)[O-])OP(NCC)Oc1ccccc1. The zero-order valence-corrected chi connectivity index (χ0v) is 12.7. The summed E-state index contributed by atoms with van der Waals surface area (Å²) in [4.78, 5) is 9.75. The molecule has 0 heterocycles. The van der Waals surface area contributed by atoms with Gasteiger partial charge in [0, 0.05) is 13.0 Å². The summed E-state index contributed by atoms with van der Waals surface area (Å²) in [6.07, 6.45) is 3.95. The average molecular weight is 310 g/mol. The molecule has 2 unspecified atom stereocenters. The minimum Gasteiger partial charge on any atom is -0.436 e. The van der Waals surface area contributed by atoms with E-state index < -0.39 is 13.4 Å². The molecule has 0 radical (unpaired) electrons. The van der Waals surface area contributed by atoms with Crippen LogP contribution in [0.3, 0.4) is 0 Å². The fraction of sp³-hybridized carbons (Fsp3) is 0.286. The molecule has 0 saturated heterocycles. The van der Waals surface area contributed by atoms with Gasteiger partial charge in [0.25, 0.3) is 0 Å². The van der Waals surface area contributed by atoms with Gasteiger partial charge in [0.2, 0.25) is 6.20 Å². The Kier molecular flexibility index (Phi) is 8.28. The van der Waals surface area contributed by atoms with Crippen molar-refractivity contribution in [3.8, 4) is 5.75 Å². The van der Waals surface area contributed by atoms with Gasteiger partial charge in [-0.3, -0.25) is 10.1 Å². The average Bonchev–Trinajstić information content (AvgIpc) is 2.47. The third-order valence-corrected chi connectivity index (χ3v) is 3.72. The molecule has 0 spiro atoms. The van der Waals surface area contributed by atoms with Crippen molar-refractivity contribution in [3.63, 3.8) is 0 Å². The van der Waals surface area contributed by atoms with Crippen LogP contribution in [0.1, 0.15) is 13.3 Å². The Morgan fingerprint density at radius 1 is 1.48 bits per heavy atom. The van der Waals surface area contributed by atoms with Crippen LogP contribution in [0.4, 0.5) is 0 Å². The first-order valence-electron chi connectivity index (χ1n) is 6.51. The first kappa shape index (κ1) is 17.3. The van der Waals surface area contributed by atoms with Crippen molar-refractivity contribution in [1.29, 1.82) is 0 Å². The summed E-state index contributed by atoms with van der Waals surface area (Å²) in [7, 11) is -1.34. The molecule has 1 N–H and O–H groups in total. The van der Waals surface area contributed by atoms with E-state index in [1.807, 2.05) is 37.3 Å². The lowest BCUT2D eigenvalue weighted by Crippen LogP contribution is -2.16. The highest BCUT2D eigenvalue weighted by molar-refractivity contribution is 7.45. The molecule has 114 valence electrons. The number of nitro groups is 1. The molecule has 0 aromatic heterocycles. The van der Waals surface area contributed by atoms with E-state index in [9.17, 15) is 10.1 Å². The van der Waals surface area contributed by atoms with Crippen LogP contribution in [0, 0.1) is 10.1 Å². The van der Waals surface area contributed by atoms with Crippen molar-refractivity contribution in [2.75, 3.05) is 6.54 Å². The van der Waals surface area contributed by atoms with E-state index in [0.717, 1.165) is 6.20 Å². The summed E-state index contributed by atoms with van der Waals surface area (Å²) < 4.78 is 11.5. The van der Waals surface area contributed by atoms with Crippen molar-refractivity contribution in [2.45, 2.75) is 19.4 Å². The molecule has 0 bridgehead atoms. The summed E-state index contributed by atoms with van der Waals surface area (Å²) in [6, 6.07) is 9.33. The molecule has 2 atom stereocenters. The predicted molar refractivity (Wildman–Crippen MR) is 83.5 cm³/mol. The maximum Gasteiger partial charge on any atom is 0.318 e. The Morgan fingerprint density at radius 2 is 2.19 bits per heavy atom. The van der Waals surface area contributed by atoms with Crippen LogP contribution < -0.4 is 9.61 Å². The summed E-state index contributed by atoms with van der Waals surface area (Å²) in [5.41, 5.74) is 0. The fourth-order valence-corrected chi connectivity index (χ4v) is 2.56. The van der Waals surface area contributed by atoms with Gasteiger partial charge in [0.05, 0.1) is 11.0 Å². The van der Waals surface area contributed by atoms with E-state index in [0.29, 0.717) is 18.7 Å². The standard InChI is InChI=1S/C14H19N2O4P/c1-3-13(11-8-12-16(17)18)19-21(15-4-2)20-14-9-6-5-7-10-14/h3,5-10,12-13,15H,1,4,11H2,2H3/b12-8+. The predicted octanol–water partition coefficient (Wildman–Crippen LogP) is 3.65. The smallest absolute Gasteiger partial charge is 0.318 e. The lowest BCUT2D eigenvalue weighted by atomic mass is 10.2. The van der Waals surface area contributed by atoms with Crippen LogP contribution in [0.25, 0.3) is 0 Å². The summed E-state index contributed by atoms with van der Waals surface area (Å²) in [5, 5.41) is 13.4. The number of benzene rings is 1. The minimum absolute atomic E-state index is 0.352. The van der Waals surface area contributed by atoms with Gasteiger partial charge in [0.15, 0.2) is 0 Å². The van der Waals surface area contributed by atoms with Crippen LogP contribution in [-0.2, 0) is 4.52 Å². The lowest BCUT2D eigenvalue weighted by Gasteiger charge is -2.21. The third-order valence-electron chi connectivity index (χ3n) is 2.31. The van der Waals surface area contributed by atoms with E-state index in [4.69, 9.17) is 9.05 Å². The quantitative estimate of drug-likeness (QED) is 0.309. The first-order valence-corrected chi connectivity index (χ1v) is 7.69. The van der Waals surface area contributed by atoms with Gasteiger partial charge in [-0.2, -0.15) is 0 Å². The summed E-state index contributed by atoms with van der Waals surface area (Å²) >= 11 is 0. The van der Waals surface area contributed by atoms with Crippen molar-refractivity contribution in [1.82, 2.24) is 5.09 Å². The fourth-order valence-electron chi connectivity index (χ4n) is 1.38. The monoisotopic (exact) mass is 310 g/mol. The molecule has 21 heavy (non-hydrogen) atoms. The van der Waals surface area contributed by atoms with Crippen LogP contribution in [-0.4, -0.2) is 17.6 Å². The van der Waals surface area contributed by atoms with E-state index in [1.165, 1.54) is 6.08 Å². The second-order valence-electron chi connectivity index (χ2n) is 3.96. The second-order valence-corrected chi connectivity index (χ2v) is 5.18. The van der Waals surface area contributed by atoms with Gasteiger partial charge in [0.1, 0.15) is 5.75 Å². The maximum absolute atomic E-state index is 10.3. The largest absolute Gasteiger partial charge is 0.436 e. The molecule has 0 aliphatic carbocycles. The highest BCUT2D eigenvalue weighted by atomic mass is 31.2. The first-order chi connectivity index (χ1) is 10.2. The number of rotatable bonds is 10. The van der Waals surface area contributed by atoms with E-state index in [2.05, 4.69) is 11.7 Å². The number of hydrogen-bond donors (Lipinski definition) is 1. The Labute approximate surface area is 125 Å². The molecule has 6 nitrogen and oxygen atoms in total. The van der Waals surface area contributed by atoms with Gasteiger partial charge < -0.3 is 9.05 Å². The van der Waals surface area contributed by atoms with Crippen LogP contribution in [0.5, 0.6) is 5.75 Å². The zero-order valence-electron chi connectivity index (χ0n) is 11.8. The van der Waals surface area contributed by atoms with Crippen molar-refractivity contribution < 1.29 is 14.0 Å². The van der Waals surface area contributed by atoms with Gasteiger partial charge in [-0.25, -0.2) is 5.09 Å². The molecule has 1 rings (SSSR count). The topological polar surface area (TPSA) is 73.6 Å². The molecule has 7 heteroatoms. The van der Waals surface area contributed by atoms with Crippen LogP contribution in [0.2, 0.25) is 0 Å². The molecular formula is C14H19N2O4P. The van der Waals surface area contributed by atoms with Crippen LogP contribution >= 0.6 is 8.53 Å². The third kappa shape index (κ3) is 7.56. The summed E-state index contributed by atoms with van der Waals surface area (Å²) in [6.45, 7) is 6.31. The van der Waals surface area contributed by atoms with Crippen molar-refractivity contribution in [2.24, 2.45) is 0 Å². The summed E-state index contributed by atoms with van der Waals surface area (Å²) in [5.74, 6) is 0.702. The van der Waals surface area contributed by atoms with E-state index in [-0.39, 0.29) is 6.10 Å². The Morgan fingerprint density at radius 3 is 2.76 bits per heavy atom. The highest BCUT2D eigenvalue weighted by Gasteiger charge is 2.16. The highest BCUT2D eigenvalue weighted by Crippen LogP contribution is 2.37. The molecular weight excluding hydrogens is 291 g/mol. The van der Waals surface area contributed by atoms with Crippen LogP contribution in [0.15, 0.2) is 55.3 Å². The second kappa shape index (κ2) is 10.0. The van der Waals surface area contributed by atoms with Crippen molar-refractivity contribution in [3.05, 3.63) is 65.4 Å². The number of para-hydroxylation sites is 1. The van der Waals surface area contributed by atoms with Gasteiger partial charge in [-0.15, -0.1) is 6.58 Å². The van der Waals surface area contributed by atoms with Crippen molar-refractivity contribution >= 4 is 8.53 Å². The molecule has 1 aromatic carbocycles. The number of nitrogens with zero attached hydrogens (tertiary/aromatic N) is 1. The Bertz CT molecular complexity index is 467. The van der Waals surface area contributed by atoms with Gasteiger partial charge >= 0.3 is 8.53 Å². The lowest BCUT2D eigenvalue weighted by molar-refractivity contribution is -0.402. The molecule has 0 fully saturated rings. The molecule has 0 saturated carbocycles. The molecule has 1 aromatic rings. The maximum atomic E-state index is 10.3. The number of nitrogens with one attached hydrogen (secondary N) is 1. The van der Waals surface area contributed by atoms with E-state index in [1.54, 1.807) is 6.08 Å².